The van der Waals surface area contributed by atoms with E-state index in [-0.39, 0.29) is 5.91 Å². The first-order valence-electron chi connectivity index (χ1n) is 6.28. The van der Waals surface area contributed by atoms with Crippen LogP contribution in [0, 0.1) is 0 Å². The molecule has 92 valence electrons. The summed E-state index contributed by atoms with van der Waals surface area (Å²) in [6, 6.07) is 0. The van der Waals surface area contributed by atoms with Gasteiger partial charge < -0.3 is 15.4 Å². The summed E-state index contributed by atoms with van der Waals surface area (Å²) in [4.78, 5) is 13.6. The summed E-state index contributed by atoms with van der Waals surface area (Å²) in [6.07, 6.45) is 6.57. The van der Waals surface area contributed by atoms with Gasteiger partial charge in [-0.15, -0.1) is 0 Å². The van der Waals surface area contributed by atoms with E-state index < -0.39 is 5.54 Å². The third kappa shape index (κ3) is 2.74. The van der Waals surface area contributed by atoms with Crippen LogP contribution in [-0.4, -0.2) is 42.6 Å². The molecule has 0 radical (unpaired) electrons. The molecule has 16 heavy (non-hydrogen) atoms. The van der Waals surface area contributed by atoms with Gasteiger partial charge >= 0.3 is 0 Å². The number of hydrogen-bond donors (Lipinski definition) is 1. The number of ether oxygens (including phenoxy) is 1. The van der Waals surface area contributed by atoms with Crippen LogP contribution in [0.5, 0.6) is 0 Å². The fourth-order valence-electron chi connectivity index (χ4n) is 2.26. The Kier molecular flexibility index (Phi) is 3.50. The number of rotatable bonds is 5. The van der Waals surface area contributed by atoms with Crippen molar-refractivity contribution in [2.75, 3.05) is 20.2 Å². The van der Waals surface area contributed by atoms with E-state index in [1.165, 1.54) is 12.8 Å². The molecule has 1 aliphatic carbocycles. The molecule has 1 aliphatic heterocycles. The van der Waals surface area contributed by atoms with Crippen molar-refractivity contribution in [1.29, 1.82) is 0 Å². The van der Waals surface area contributed by atoms with Crippen molar-refractivity contribution in [3.8, 4) is 0 Å². The Bertz CT molecular complexity index is 258. The molecule has 4 heteroatoms. The standard InChI is InChI=1S/C12H22N2O2/c1-14(11(15)12(13)6-7-12)8-2-4-10-5-3-9-16-10/h10H,2-9,13H2,1H3/t10-/m1/s1. The molecule has 1 saturated heterocycles. The molecule has 2 N–H and O–H groups in total. The summed E-state index contributed by atoms with van der Waals surface area (Å²) >= 11 is 0. The van der Waals surface area contributed by atoms with E-state index in [4.69, 9.17) is 10.5 Å². The average Bonchev–Trinajstić information content (AvgIpc) is 2.81. The molecule has 1 heterocycles. The summed E-state index contributed by atoms with van der Waals surface area (Å²) in [7, 11) is 1.85. The van der Waals surface area contributed by atoms with Gasteiger partial charge in [-0.3, -0.25) is 4.79 Å². The Morgan fingerprint density at radius 1 is 1.56 bits per heavy atom. The summed E-state index contributed by atoms with van der Waals surface area (Å²) in [5.41, 5.74) is 5.35. The fourth-order valence-corrected chi connectivity index (χ4v) is 2.26. The highest BCUT2D eigenvalue weighted by atomic mass is 16.5. The second kappa shape index (κ2) is 4.72. The van der Waals surface area contributed by atoms with E-state index in [9.17, 15) is 4.79 Å². The topological polar surface area (TPSA) is 55.6 Å². The number of nitrogens with two attached hydrogens (primary N) is 1. The number of nitrogens with zero attached hydrogens (tertiary/aromatic N) is 1. The third-order valence-corrected chi connectivity index (χ3v) is 3.60. The Morgan fingerprint density at radius 2 is 2.31 bits per heavy atom. The fraction of sp³-hybridized carbons (Fsp3) is 0.917. The molecule has 2 fully saturated rings. The zero-order valence-corrected chi connectivity index (χ0v) is 10.1. The maximum atomic E-state index is 11.8. The SMILES string of the molecule is CN(CCC[C@@H]1CCCO1)C(=O)C1(N)CC1. The van der Waals surface area contributed by atoms with Crippen LogP contribution in [0.4, 0.5) is 0 Å². The largest absolute Gasteiger partial charge is 0.378 e. The van der Waals surface area contributed by atoms with Crippen molar-refractivity contribution in [2.24, 2.45) is 5.73 Å². The minimum atomic E-state index is -0.515. The number of carbonyl (C=O) groups excluding carboxylic acids is 1. The smallest absolute Gasteiger partial charge is 0.242 e. The highest BCUT2D eigenvalue weighted by Crippen LogP contribution is 2.33. The number of amides is 1. The quantitative estimate of drug-likeness (QED) is 0.757. The zero-order chi connectivity index (χ0) is 11.6. The molecule has 0 aromatic heterocycles. The van der Waals surface area contributed by atoms with Crippen LogP contribution in [0.2, 0.25) is 0 Å². The van der Waals surface area contributed by atoms with E-state index >= 15 is 0 Å². The monoisotopic (exact) mass is 226 g/mol. The van der Waals surface area contributed by atoms with Gasteiger partial charge in [0.05, 0.1) is 11.6 Å². The van der Waals surface area contributed by atoms with Gasteiger partial charge in [0.25, 0.3) is 0 Å². The minimum absolute atomic E-state index is 0.111. The van der Waals surface area contributed by atoms with Gasteiger partial charge in [-0.1, -0.05) is 0 Å². The van der Waals surface area contributed by atoms with Gasteiger partial charge in [0.1, 0.15) is 0 Å². The predicted molar refractivity (Wildman–Crippen MR) is 62.0 cm³/mol. The van der Waals surface area contributed by atoms with Gasteiger partial charge in [-0.25, -0.2) is 0 Å². The normalized spacial score (nSPS) is 26.8. The maximum Gasteiger partial charge on any atom is 0.242 e. The number of carbonyl (C=O) groups is 1. The van der Waals surface area contributed by atoms with Gasteiger partial charge in [0.15, 0.2) is 0 Å². The molecule has 0 unspecified atom stereocenters. The lowest BCUT2D eigenvalue weighted by atomic mass is 10.1. The van der Waals surface area contributed by atoms with E-state index in [1.54, 1.807) is 4.90 Å². The van der Waals surface area contributed by atoms with Crippen LogP contribution >= 0.6 is 0 Å². The van der Waals surface area contributed by atoms with Crippen LogP contribution in [0.3, 0.4) is 0 Å². The Labute approximate surface area is 97.1 Å². The predicted octanol–water partition coefficient (Wildman–Crippen LogP) is 0.895. The molecule has 1 saturated carbocycles. The Morgan fingerprint density at radius 3 is 2.88 bits per heavy atom. The molecule has 2 aliphatic rings. The van der Waals surface area contributed by atoms with Gasteiger partial charge in [-0.05, 0) is 38.5 Å². The van der Waals surface area contributed by atoms with Crippen LogP contribution < -0.4 is 5.73 Å². The summed E-state index contributed by atoms with van der Waals surface area (Å²) < 4.78 is 5.55. The van der Waals surface area contributed by atoms with E-state index in [0.29, 0.717) is 6.10 Å². The van der Waals surface area contributed by atoms with E-state index in [2.05, 4.69) is 0 Å². The lowest BCUT2D eigenvalue weighted by Gasteiger charge is -2.21. The van der Waals surface area contributed by atoms with Crippen LogP contribution in [0.1, 0.15) is 38.5 Å². The Hall–Kier alpha value is -0.610. The van der Waals surface area contributed by atoms with Crippen molar-refractivity contribution in [1.82, 2.24) is 4.90 Å². The van der Waals surface area contributed by atoms with Crippen molar-refractivity contribution < 1.29 is 9.53 Å². The summed E-state index contributed by atoms with van der Waals surface area (Å²) in [5.74, 6) is 0.111. The van der Waals surface area contributed by atoms with Crippen molar-refractivity contribution in [3.05, 3.63) is 0 Å². The van der Waals surface area contributed by atoms with Crippen LogP contribution in [0.25, 0.3) is 0 Å². The number of hydrogen-bond acceptors (Lipinski definition) is 3. The lowest BCUT2D eigenvalue weighted by Crippen LogP contribution is -2.44. The molecule has 0 bridgehead atoms. The van der Waals surface area contributed by atoms with Crippen molar-refractivity contribution in [2.45, 2.75) is 50.2 Å². The molecular weight excluding hydrogens is 204 g/mol. The first-order valence-corrected chi connectivity index (χ1v) is 6.28. The average molecular weight is 226 g/mol. The molecule has 1 atom stereocenters. The first-order chi connectivity index (χ1) is 7.62. The van der Waals surface area contributed by atoms with Gasteiger partial charge in [0, 0.05) is 20.2 Å². The van der Waals surface area contributed by atoms with Crippen LogP contribution in [0.15, 0.2) is 0 Å². The molecule has 0 aromatic rings. The molecule has 0 aromatic carbocycles. The summed E-state index contributed by atoms with van der Waals surface area (Å²) in [5, 5.41) is 0. The second-order valence-electron chi connectivity index (χ2n) is 5.16. The highest BCUT2D eigenvalue weighted by Gasteiger charge is 2.47. The molecule has 1 amide bonds. The van der Waals surface area contributed by atoms with Crippen molar-refractivity contribution in [3.63, 3.8) is 0 Å². The van der Waals surface area contributed by atoms with Gasteiger partial charge in [0.2, 0.25) is 5.91 Å². The molecular formula is C12H22N2O2. The lowest BCUT2D eigenvalue weighted by molar-refractivity contribution is -0.132. The van der Waals surface area contributed by atoms with E-state index in [1.807, 2.05) is 7.05 Å². The van der Waals surface area contributed by atoms with Gasteiger partial charge in [-0.2, -0.15) is 0 Å². The van der Waals surface area contributed by atoms with Crippen molar-refractivity contribution >= 4 is 5.91 Å². The third-order valence-electron chi connectivity index (χ3n) is 3.60. The first kappa shape index (κ1) is 11.9. The maximum absolute atomic E-state index is 11.8. The second-order valence-corrected chi connectivity index (χ2v) is 5.16. The van der Waals surface area contributed by atoms with E-state index in [0.717, 1.165) is 38.8 Å². The molecule has 2 rings (SSSR count). The molecule has 4 nitrogen and oxygen atoms in total. The number of likely N-dealkylation sites (N-methyl/N-ethyl adjacent to an activating group) is 1. The molecule has 0 spiro atoms. The summed E-state index contributed by atoms with van der Waals surface area (Å²) in [6.45, 7) is 1.71. The highest BCUT2D eigenvalue weighted by molar-refractivity contribution is 5.88. The zero-order valence-electron chi connectivity index (χ0n) is 10.1. The Balaban J connectivity index is 1.63. The van der Waals surface area contributed by atoms with Crippen LogP contribution in [-0.2, 0) is 9.53 Å². The minimum Gasteiger partial charge on any atom is -0.378 e.